The number of halogens is 1. The van der Waals surface area contributed by atoms with Crippen LogP contribution in [0.4, 0.5) is 0 Å². The average Bonchev–Trinajstić information content (AvgIpc) is 3.58. The number of hydrogen-bond acceptors (Lipinski definition) is 7. The Labute approximate surface area is 230 Å². The Kier molecular flexibility index (Phi) is 7.56. The number of aromatic nitrogens is 3. The first kappa shape index (κ1) is 27.0. The number of likely N-dealkylation sites (tertiary alicyclic amines) is 2. The minimum Gasteiger partial charge on any atom is -0.345 e. The average molecular weight is 574 g/mol. The molecule has 3 heterocycles. The highest BCUT2D eigenvalue weighted by Gasteiger charge is 2.40. The first-order valence-electron chi connectivity index (χ1n) is 12.6. The molecule has 12 nitrogen and oxygen atoms in total. The van der Waals surface area contributed by atoms with E-state index in [2.05, 4.69) is 25.2 Å². The molecule has 0 spiro atoms. The zero-order chi connectivity index (χ0) is 27.7. The predicted octanol–water partition coefficient (Wildman–Crippen LogP) is 1.30. The van der Waals surface area contributed by atoms with Crippen LogP contribution < -0.4 is 10.0 Å². The van der Waals surface area contributed by atoms with E-state index in [1.54, 1.807) is 36.1 Å². The second-order valence-electron chi connectivity index (χ2n) is 9.74. The molecule has 2 aliphatic heterocycles. The molecule has 206 valence electrons. The minimum atomic E-state index is -3.98. The fraction of sp³-hybridized carbons (Fsp3) is 0.400. The van der Waals surface area contributed by atoms with Gasteiger partial charge in [0.05, 0.1) is 4.90 Å². The number of fused-ring (bicyclic) bond motifs is 1. The number of carbonyl (C=O) groups excluding carboxylic acids is 3. The number of rotatable bonds is 7. The molecule has 5 rings (SSSR count). The molecule has 0 bridgehead atoms. The maximum atomic E-state index is 13.3. The summed E-state index contributed by atoms with van der Waals surface area (Å²) in [4.78, 5) is 45.7. The molecule has 2 fully saturated rings. The first-order valence-corrected chi connectivity index (χ1v) is 14.5. The topological polar surface area (TPSA) is 157 Å². The van der Waals surface area contributed by atoms with Gasteiger partial charge in [-0.1, -0.05) is 23.7 Å². The van der Waals surface area contributed by atoms with Gasteiger partial charge in [0.25, 0.3) is 5.91 Å². The van der Waals surface area contributed by atoms with Crippen LogP contribution in [0.3, 0.4) is 0 Å². The second-order valence-corrected chi connectivity index (χ2v) is 11.9. The number of aromatic amines is 1. The van der Waals surface area contributed by atoms with Crippen LogP contribution in [0.15, 0.2) is 47.6 Å². The fourth-order valence-electron chi connectivity index (χ4n) is 5.07. The molecule has 2 saturated heterocycles. The number of hydrogen-bond donors (Lipinski definition) is 3. The smallest absolute Gasteiger partial charge is 0.291 e. The lowest BCUT2D eigenvalue weighted by molar-refractivity contribution is -0.144. The highest BCUT2D eigenvalue weighted by molar-refractivity contribution is 7.89. The molecule has 39 heavy (non-hydrogen) atoms. The normalized spacial score (nSPS) is 20.8. The van der Waals surface area contributed by atoms with Crippen molar-refractivity contribution in [3.05, 3.63) is 53.6 Å². The number of nitrogens with one attached hydrogen (secondary N) is 3. The molecule has 1 aromatic heterocycles. The van der Waals surface area contributed by atoms with Crippen LogP contribution in [0.25, 0.3) is 10.8 Å². The number of piperidine rings is 1. The highest BCUT2D eigenvalue weighted by Crippen LogP contribution is 2.24. The van der Waals surface area contributed by atoms with Crippen molar-refractivity contribution in [3.63, 3.8) is 0 Å². The summed E-state index contributed by atoms with van der Waals surface area (Å²) < 4.78 is 28.7. The summed E-state index contributed by atoms with van der Waals surface area (Å²) in [6, 6.07) is 7.80. The Balaban J connectivity index is 1.20. The van der Waals surface area contributed by atoms with Crippen molar-refractivity contribution in [2.24, 2.45) is 0 Å². The third kappa shape index (κ3) is 5.75. The maximum Gasteiger partial charge on any atom is 0.291 e. The number of amides is 3. The van der Waals surface area contributed by atoms with Crippen LogP contribution in [0.1, 0.15) is 36.8 Å². The summed E-state index contributed by atoms with van der Waals surface area (Å²) in [5, 5.41) is 11.2. The quantitative estimate of drug-likeness (QED) is 0.384. The lowest BCUT2D eigenvalue weighted by Crippen LogP contribution is -2.55. The van der Waals surface area contributed by atoms with E-state index in [-0.39, 0.29) is 35.6 Å². The van der Waals surface area contributed by atoms with Crippen molar-refractivity contribution >= 4 is 50.1 Å². The van der Waals surface area contributed by atoms with Gasteiger partial charge in [-0.3, -0.25) is 19.5 Å². The van der Waals surface area contributed by atoms with Gasteiger partial charge >= 0.3 is 0 Å². The van der Waals surface area contributed by atoms with Crippen molar-refractivity contribution in [2.45, 2.75) is 49.2 Å². The molecule has 0 saturated carbocycles. The van der Waals surface area contributed by atoms with E-state index in [1.165, 1.54) is 23.4 Å². The largest absolute Gasteiger partial charge is 0.345 e. The van der Waals surface area contributed by atoms with Crippen molar-refractivity contribution in [2.75, 3.05) is 19.6 Å². The fourth-order valence-corrected chi connectivity index (χ4v) is 6.51. The van der Waals surface area contributed by atoms with Crippen molar-refractivity contribution in [1.29, 1.82) is 0 Å². The van der Waals surface area contributed by atoms with Crippen LogP contribution in [-0.4, -0.2) is 88.9 Å². The van der Waals surface area contributed by atoms with Crippen LogP contribution >= 0.6 is 11.6 Å². The monoisotopic (exact) mass is 573 g/mol. The van der Waals surface area contributed by atoms with E-state index >= 15 is 0 Å². The summed E-state index contributed by atoms with van der Waals surface area (Å²) in [6.45, 7) is 2.68. The van der Waals surface area contributed by atoms with Gasteiger partial charge in [0.1, 0.15) is 18.4 Å². The summed E-state index contributed by atoms with van der Waals surface area (Å²) in [6.07, 6.45) is 2.94. The summed E-state index contributed by atoms with van der Waals surface area (Å²) in [5.41, 5.74) is 0. The first-order chi connectivity index (χ1) is 18.6. The zero-order valence-corrected chi connectivity index (χ0v) is 22.7. The molecule has 3 amide bonds. The van der Waals surface area contributed by atoms with Crippen molar-refractivity contribution in [3.8, 4) is 0 Å². The molecular formula is C25H28ClN7O5S. The van der Waals surface area contributed by atoms with E-state index in [0.717, 1.165) is 5.39 Å². The van der Waals surface area contributed by atoms with E-state index in [1.807, 2.05) is 0 Å². The summed E-state index contributed by atoms with van der Waals surface area (Å²) in [5.74, 6) is -1.10. The lowest BCUT2D eigenvalue weighted by Gasteiger charge is -2.36. The molecule has 3 atom stereocenters. The molecule has 3 unspecified atom stereocenters. The van der Waals surface area contributed by atoms with E-state index < -0.39 is 33.9 Å². The van der Waals surface area contributed by atoms with Crippen molar-refractivity contribution in [1.82, 2.24) is 35.0 Å². The van der Waals surface area contributed by atoms with E-state index in [4.69, 9.17) is 11.6 Å². The Morgan fingerprint density at radius 2 is 1.90 bits per heavy atom. The Morgan fingerprint density at radius 1 is 1.13 bits per heavy atom. The van der Waals surface area contributed by atoms with Gasteiger partial charge in [0.15, 0.2) is 0 Å². The van der Waals surface area contributed by atoms with Gasteiger partial charge in [0, 0.05) is 30.7 Å². The highest BCUT2D eigenvalue weighted by atomic mass is 35.5. The van der Waals surface area contributed by atoms with Gasteiger partial charge in [-0.2, -0.15) is 4.72 Å². The third-order valence-corrected chi connectivity index (χ3v) is 8.84. The Hall–Kier alpha value is -3.55. The zero-order valence-electron chi connectivity index (χ0n) is 21.1. The molecule has 3 N–H and O–H groups in total. The number of sulfonamides is 1. The second kappa shape index (κ2) is 10.9. The standard InChI is InChI=1S/C25H28ClN7O5S/c1-15(24(35)32-9-2-3-19(13-32)29-23(34)22-27-14-28-30-22)33-10-8-21(25(33)36)31-39(37,38)20-7-5-16-11-18(26)6-4-17(16)12-20/h4-7,11-12,14-15,19,21,31H,2-3,8-10,13H2,1H3,(H,29,34)(H,27,28,30). The van der Waals surface area contributed by atoms with Crippen LogP contribution in [0, 0.1) is 0 Å². The molecule has 0 aliphatic carbocycles. The number of H-pyrrole nitrogens is 1. The lowest BCUT2D eigenvalue weighted by atomic mass is 10.0. The maximum absolute atomic E-state index is 13.3. The number of nitrogens with zero attached hydrogens (tertiary/aromatic N) is 4. The Morgan fingerprint density at radius 3 is 2.67 bits per heavy atom. The van der Waals surface area contributed by atoms with Crippen LogP contribution in [0.5, 0.6) is 0 Å². The van der Waals surface area contributed by atoms with Crippen LogP contribution in [-0.2, 0) is 19.6 Å². The molecule has 3 aromatic rings. The number of benzene rings is 2. The predicted molar refractivity (Wildman–Crippen MR) is 142 cm³/mol. The molecule has 14 heteroatoms. The SMILES string of the molecule is CC(C(=O)N1CCCC(NC(=O)c2nc[nH]n2)C1)N1CCC(NS(=O)(=O)c2ccc3cc(Cl)ccc3c2)C1=O. The van der Waals surface area contributed by atoms with Crippen molar-refractivity contribution < 1.29 is 22.8 Å². The molecule has 0 radical (unpaired) electrons. The summed E-state index contributed by atoms with van der Waals surface area (Å²) in [7, 11) is -3.98. The minimum absolute atomic E-state index is 0.0241. The van der Waals surface area contributed by atoms with Gasteiger partial charge in [-0.05, 0) is 61.2 Å². The van der Waals surface area contributed by atoms with E-state index in [0.29, 0.717) is 36.3 Å². The summed E-state index contributed by atoms with van der Waals surface area (Å²) >= 11 is 6.01. The van der Waals surface area contributed by atoms with Crippen LogP contribution in [0.2, 0.25) is 5.02 Å². The van der Waals surface area contributed by atoms with Gasteiger partial charge < -0.3 is 15.1 Å². The third-order valence-electron chi connectivity index (χ3n) is 7.13. The number of carbonyl (C=O) groups is 3. The van der Waals surface area contributed by atoms with E-state index in [9.17, 15) is 22.8 Å². The van der Waals surface area contributed by atoms with Gasteiger partial charge in [-0.15, -0.1) is 5.10 Å². The van der Waals surface area contributed by atoms with Gasteiger partial charge in [0.2, 0.25) is 27.7 Å². The molecule has 2 aliphatic rings. The van der Waals surface area contributed by atoms with Gasteiger partial charge in [-0.25, -0.2) is 13.4 Å². The molecule has 2 aromatic carbocycles. The Bertz CT molecular complexity index is 1510. The molecular weight excluding hydrogens is 546 g/mol.